The molecule has 1 fully saturated rings. The summed E-state index contributed by atoms with van der Waals surface area (Å²) in [6.45, 7) is 0.587. The van der Waals surface area contributed by atoms with Gasteiger partial charge in [0.15, 0.2) is 0 Å². The van der Waals surface area contributed by atoms with Crippen LogP contribution in [0, 0.1) is 0 Å². The van der Waals surface area contributed by atoms with E-state index in [1.54, 1.807) is 6.08 Å². The van der Waals surface area contributed by atoms with Crippen LogP contribution in [0.5, 0.6) is 5.75 Å². The fourth-order valence-corrected chi connectivity index (χ4v) is 4.41. The Kier molecular flexibility index (Phi) is 6.80. The van der Waals surface area contributed by atoms with E-state index in [0.29, 0.717) is 22.3 Å². The van der Waals surface area contributed by atoms with Crippen LogP contribution in [0.1, 0.15) is 16.7 Å². The van der Waals surface area contributed by atoms with Gasteiger partial charge in [0.05, 0.1) is 11.4 Å². The molecule has 156 valence electrons. The first-order valence-corrected chi connectivity index (χ1v) is 11.4. The van der Waals surface area contributed by atoms with Crippen LogP contribution in [0.3, 0.4) is 0 Å². The normalized spacial score (nSPS) is 15.0. The Labute approximate surface area is 198 Å². The number of amides is 2. The molecular weight excluding hydrogens is 498 g/mol. The molecule has 3 aromatic rings. The van der Waals surface area contributed by atoms with Crippen molar-refractivity contribution in [2.24, 2.45) is 0 Å². The van der Waals surface area contributed by atoms with Crippen LogP contribution in [0.4, 0.5) is 4.79 Å². The van der Waals surface area contributed by atoms with Gasteiger partial charge in [0.2, 0.25) is 0 Å². The van der Waals surface area contributed by atoms with Crippen molar-refractivity contribution in [3.05, 3.63) is 104 Å². The Morgan fingerprint density at radius 3 is 2.45 bits per heavy atom. The molecule has 0 N–H and O–H groups in total. The SMILES string of the molecule is O=C1S/C(=C\c2ccccc2OCc2ccc(Cl)cc2)C(=O)N1Cc1ccccc1Br. The lowest BCUT2D eigenvalue weighted by atomic mass is 10.1. The van der Waals surface area contributed by atoms with Crippen molar-refractivity contribution < 1.29 is 14.3 Å². The Morgan fingerprint density at radius 1 is 0.968 bits per heavy atom. The number of hydrogen-bond donors (Lipinski definition) is 0. The zero-order valence-electron chi connectivity index (χ0n) is 16.3. The first-order valence-electron chi connectivity index (χ1n) is 9.46. The molecule has 4 nitrogen and oxygen atoms in total. The average molecular weight is 515 g/mol. The molecule has 3 aromatic carbocycles. The van der Waals surface area contributed by atoms with Gasteiger partial charge in [-0.1, -0.05) is 76.1 Å². The molecule has 0 spiro atoms. The number of carbonyl (C=O) groups excluding carboxylic acids is 2. The first kappa shape index (κ1) is 21.7. The highest BCUT2D eigenvalue weighted by molar-refractivity contribution is 9.10. The van der Waals surface area contributed by atoms with E-state index in [9.17, 15) is 9.59 Å². The number of ether oxygens (including phenoxy) is 1. The number of rotatable bonds is 6. The number of thioether (sulfide) groups is 1. The standard InChI is InChI=1S/C24H17BrClNO3S/c25-20-7-3-1-6-18(20)14-27-23(28)22(31-24(27)29)13-17-5-2-4-8-21(17)30-15-16-9-11-19(26)12-10-16/h1-13H,14-15H2/b22-13-. The highest BCUT2D eigenvalue weighted by Crippen LogP contribution is 2.35. The van der Waals surface area contributed by atoms with Crippen LogP contribution in [-0.2, 0) is 17.9 Å². The number of para-hydroxylation sites is 1. The largest absolute Gasteiger partial charge is 0.488 e. The fraction of sp³-hybridized carbons (Fsp3) is 0.0833. The van der Waals surface area contributed by atoms with Crippen LogP contribution >= 0.6 is 39.3 Å². The van der Waals surface area contributed by atoms with Crippen molar-refractivity contribution in [1.29, 1.82) is 0 Å². The average Bonchev–Trinajstić information content (AvgIpc) is 3.03. The Morgan fingerprint density at radius 2 is 1.68 bits per heavy atom. The van der Waals surface area contributed by atoms with Crippen LogP contribution in [0.15, 0.2) is 82.2 Å². The minimum absolute atomic E-state index is 0.220. The van der Waals surface area contributed by atoms with Gasteiger partial charge >= 0.3 is 0 Å². The van der Waals surface area contributed by atoms with Crippen LogP contribution in [0.2, 0.25) is 5.02 Å². The van der Waals surface area contributed by atoms with Crippen molar-refractivity contribution in [1.82, 2.24) is 4.90 Å². The number of nitrogens with zero attached hydrogens (tertiary/aromatic N) is 1. The molecule has 0 radical (unpaired) electrons. The first-order chi connectivity index (χ1) is 15.0. The molecule has 31 heavy (non-hydrogen) atoms. The quantitative estimate of drug-likeness (QED) is 0.335. The van der Waals surface area contributed by atoms with E-state index in [4.69, 9.17) is 16.3 Å². The Balaban J connectivity index is 1.52. The van der Waals surface area contributed by atoms with Crippen molar-refractivity contribution in [3.63, 3.8) is 0 Å². The van der Waals surface area contributed by atoms with Crippen LogP contribution < -0.4 is 4.74 Å². The van der Waals surface area contributed by atoms with E-state index in [-0.39, 0.29) is 17.7 Å². The van der Waals surface area contributed by atoms with Gasteiger partial charge in [-0.15, -0.1) is 0 Å². The highest BCUT2D eigenvalue weighted by Gasteiger charge is 2.35. The van der Waals surface area contributed by atoms with Crippen molar-refractivity contribution >= 4 is 56.5 Å². The molecule has 0 aromatic heterocycles. The van der Waals surface area contributed by atoms with Crippen LogP contribution in [-0.4, -0.2) is 16.0 Å². The third kappa shape index (κ3) is 5.21. The summed E-state index contributed by atoms with van der Waals surface area (Å²) >= 11 is 10.3. The number of halogens is 2. The van der Waals surface area contributed by atoms with E-state index in [1.165, 1.54) is 4.90 Å². The molecule has 2 amide bonds. The van der Waals surface area contributed by atoms with Crippen molar-refractivity contribution in [2.75, 3.05) is 0 Å². The fourth-order valence-electron chi connectivity index (χ4n) is 3.05. The molecule has 0 atom stereocenters. The lowest BCUT2D eigenvalue weighted by Crippen LogP contribution is -2.27. The maximum atomic E-state index is 12.9. The maximum Gasteiger partial charge on any atom is 0.293 e. The summed E-state index contributed by atoms with van der Waals surface area (Å²) in [4.78, 5) is 27.0. The highest BCUT2D eigenvalue weighted by atomic mass is 79.9. The minimum atomic E-state index is -0.307. The molecule has 0 saturated carbocycles. The summed E-state index contributed by atoms with van der Waals surface area (Å²) in [5.41, 5.74) is 2.59. The number of imide groups is 1. The topological polar surface area (TPSA) is 46.6 Å². The summed E-state index contributed by atoms with van der Waals surface area (Å²) in [6.07, 6.45) is 1.71. The smallest absolute Gasteiger partial charge is 0.293 e. The van der Waals surface area contributed by atoms with Crippen LogP contribution in [0.25, 0.3) is 6.08 Å². The summed E-state index contributed by atoms with van der Waals surface area (Å²) in [6, 6.07) is 22.4. The van der Waals surface area contributed by atoms with E-state index >= 15 is 0 Å². The van der Waals surface area contributed by atoms with E-state index in [2.05, 4.69) is 15.9 Å². The summed E-state index contributed by atoms with van der Waals surface area (Å²) in [7, 11) is 0. The predicted octanol–water partition coefficient (Wildman–Crippen LogP) is 6.92. The van der Waals surface area contributed by atoms with Gasteiger partial charge in [-0.2, -0.15) is 0 Å². The molecule has 0 unspecified atom stereocenters. The second-order valence-corrected chi connectivity index (χ2v) is 9.10. The second-order valence-electron chi connectivity index (χ2n) is 6.81. The van der Waals surface area contributed by atoms with Gasteiger partial charge in [-0.3, -0.25) is 14.5 Å². The molecule has 1 heterocycles. The van der Waals surface area contributed by atoms with E-state index in [0.717, 1.165) is 32.9 Å². The molecule has 0 aliphatic carbocycles. The second kappa shape index (κ2) is 9.73. The Hall–Kier alpha value is -2.54. The molecule has 7 heteroatoms. The lowest BCUT2D eigenvalue weighted by Gasteiger charge is -2.13. The summed E-state index contributed by atoms with van der Waals surface area (Å²) in [5.74, 6) is 0.327. The van der Waals surface area contributed by atoms with Gasteiger partial charge in [0, 0.05) is 15.1 Å². The van der Waals surface area contributed by atoms with Crippen molar-refractivity contribution in [2.45, 2.75) is 13.2 Å². The zero-order chi connectivity index (χ0) is 21.8. The minimum Gasteiger partial charge on any atom is -0.488 e. The number of benzene rings is 3. The third-order valence-electron chi connectivity index (χ3n) is 4.67. The molecule has 1 saturated heterocycles. The van der Waals surface area contributed by atoms with Gasteiger partial charge < -0.3 is 4.74 Å². The molecule has 1 aliphatic heterocycles. The maximum absolute atomic E-state index is 12.9. The molecule has 4 rings (SSSR count). The van der Waals surface area contributed by atoms with E-state index in [1.807, 2.05) is 72.8 Å². The molecule has 0 bridgehead atoms. The van der Waals surface area contributed by atoms with Gasteiger partial charge in [-0.25, -0.2) is 0 Å². The van der Waals surface area contributed by atoms with Crippen molar-refractivity contribution in [3.8, 4) is 5.75 Å². The van der Waals surface area contributed by atoms with Gasteiger partial charge in [0.1, 0.15) is 12.4 Å². The summed E-state index contributed by atoms with van der Waals surface area (Å²) < 4.78 is 6.82. The molecule has 1 aliphatic rings. The third-order valence-corrected chi connectivity index (χ3v) is 6.61. The molecular formula is C24H17BrClNO3S. The zero-order valence-corrected chi connectivity index (χ0v) is 19.4. The van der Waals surface area contributed by atoms with Gasteiger partial charge in [0.25, 0.3) is 11.1 Å². The number of hydrogen-bond acceptors (Lipinski definition) is 4. The lowest BCUT2D eigenvalue weighted by molar-refractivity contribution is -0.123. The number of carbonyl (C=O) groups is 2. The summed E-state index contributed by atoms with van der Waals surface area (Å²) in [5, 5.41) is 0.383. The monoisotopic (exact) mass is 513 g/mol. The van der Waals surface area contributed by atoms with Gasteiger partial charge in [-0.05, 0) is 53.2 Å². The van der Waals surface area contributed by atoms with E-state index < -0.39 is 0 Å². The predicted molar refractivity (Wildman–Crippen MR) is 128 cm³/mol. The Bertz CT molecular complexity index is 1160.